The zero-order valence-electron chi connectivity index (χ0n) is 16.2. The third kappa shape index (κ3) is 3.39. The van der Waals surface area contributed by atoms with Crippen molar-refractivity contribution >= 4 is 17.3 Å². The number of nitrogens with one attached hydrogen (secondary N) is 1. The van der Waals surface area contributed by atoms with Gasteiger partial charge < -0.3 is 19.7 Å². The first-order valence-electron chi connectivity index (χ1n) is 9.43. The van der Waals surface area contributed by atoms with Gasteiger partial charge in [0.05, 0.1) is 0 Å². The smallest absolute Gasteiger partial charge is 0.252 e. The van der Waals surface area contributed by atoms with Crippen LogP contribution in [0.2, 0.25) is 0 Å². The molecule has 2 heterocycles. The molecule has 2 aliphatic heterocycles. The van der Waals surface area contributed by atoms with Crippen molar-refractivity contribution in [2.75, 3.05) is 30.5 Å². The van der Waals surface area contributed by atoms with Crippen molar-refractivity contribution in [2.45, 2.75) is 38.8 Å². The van der Waals surface area contributed by atoms with Crippen LogP contribution < -0.4 is 15.0 Å². The van der Waals surface area contributed by atoms with Gasteiger partial charge in [-0.1, -0.05) is 24.3 Å². The van der Waals surface area contributed by atoms with Gasteiger partial charge in [0, 0.05) is 49.1 Å². The number of carbonyl (C=O) groups excluding carboxylic acids is 1. The summed E-state index contributed by atoms with van der Waals surface area (Å²) < 4.78 is 11.2. The van der Waals surface area contributed by atoms with E-state index in [1.807, 2.05) is 17.0 Å². The van der Waals surface area contributed by atoms with Crippen molar-refractivity contribution in [2.24, 2.45) is 0 Å². The van der Waals surface area contributed by atoms with E-state index in [2.05, 4.69) is 43.4 Å². The van der Waals surface area contributed by atoms with Gasteiger partial charge in [-0.2, -0.15) is 0 Å². The van der Waals surface area contributed by atoms with Crippen LogP contribution in [0.1, 0.15) is 30.5 Å². The van der Waals surface area contributed by atoms with Gasteiger partial charge in [0.25, 0.3) is 5.91 Å². The summed E-state index contributed by atoms with van der Waals surface area (Å²) in [6.45, 7) is 5.76. The fourth-order valence-corrected chi connectivity index (χ4v) is 4.07. The van der Waals surface area contributed by atoms with Crippen molar-refractivity contribution in [1.82, 2.24) is 0 Å². The summed E-state index contributed by atoms with van der Waals surface area (Å²) in [4.78, 5) is 14.1. The highest BCUT2D eigenvalue weighted by Crippen LogP contribution is 2.38. The van der Waals surface area contributed by atoms with Crippen molar-refractivity contribution in [3.8, 4) is 5.75 Å². The van der Waals surface area contributed by atoms with Crippen LogP contribution in [-0.4, -0.2) is 31.8 Å². The Hall–Kier alpha value is -2.53. The summed E-state index contributed by atoms with van der Waals surface area (Å²) >= 11 is 0. The number of fused-ring (bicyclic) bond motifs is 2. The minimum atomic E-state index is -0.144. The first kappa shape index (κ1) is 17.9. The number of hydrogen-bond donors (Lipinski definition) is 1. The third-order valence-electron chi connectivity index (χ3n) is 5.24. The molecule has 0 aliphatic carbocycles. The number of hydrogen-bond acceptors (Lipinski definition) is 4. The third-order valence-corrected chi connectivity index (χ3v) is 5.24. The van der Waals surface area contributed by atoms with E-state index in [-0.39, 0.29) is 18.1 Å². The molecule has 0 radical (unpaired) electrons. The van der Waals surface area contributed by atoms with Gasteiger partial charge in [-0.05, 0) is 38.0 Å². The Labute approximate surface area is 160 Å². The van der Waals surface area contributed by atoms with Crippen molar-refractivity contribution in [3.63, 3.8) is 0 Å². The van der Waals surface area contributed by atoms with Crippen molar-refractivity contribution in [1.29, 1.82) is 0 Å². The molecule has 27 heavy (non-hydrogen) atoms. The molecule has 5 nitrogen and oxygen atoms in total. The molecular formula is C22H26N2O3. The molecule has 5 heteroatoms. The first-order valence-corrected chi connectivity index (χ1v) is 9.43. The second-order valence-electron chi connectivity index (χ2n) is 7.83. The molecule has 0 atom stereocenters. The van der Waals surface area contributed by atoms with Crippen LogP contribution in [0.15, 0.2) is 36.4 Å². The molecule has 0 saturated carbocycles. The molecule has 4 rings (SSSR count). The summed E-state index contributed by atoms with van der Waals surface area (Å²) in [6, 6.07) is 12.4. The monoisotopic (exact) mass is 366 g/mol. The Kier molecular flexibility index (Phi) is 4.56. The molecule has 0 aromatic heterocycles. The topological polar surface area (TPSA) is 50.8 Å². The maximum absolute atomic E-state index is 12.3. The fourth-order valence-electron chi connectivity index (χ4n) is 4.07. The minimum absolute atomic E-state index is 0.00455. The second-order valence-corrected chi connectivity index (χ2v) is 7.83. The lowest BCUT2D eigenvalue weighted by molar-refractivity contribution is -0.122. The Morgan fingerprint density at radius 1 is 1.26 bits per heavy atom. The Bertz CT molecular complexity index is 876. The van der Waals surface area contributed by atoms with Gasteiger partial charge in [0.15, 0.2) is 0 Å². The van der Waals surface area contributed by atoms with Gasteiger partial charge in [0.2, 0.25) is 0 Å². The van der Waals surface area contributed by atoms with Crippen LogP contribution in [0.25, 0.3) is 0 Å². The molecule has 0 bridgehead atoms. The molecule has 2 aromatic carbocycles. The van der Waals surface area contributed by atoms with Crippen LogP contribution >= 0.6 is 0 Å². The van der Waals surface area contributed by atoms with E-state index >= 15 is 0 Å². The summed E-state index contributed by atoms with van der Waals surface area (Å²) in [5.74, 6) is 1.02. The van der Waals surface area contributed by atoms with Gasteiger partial charge in [-0.15, -0.1) is 0 Å². The summed E-state index contributed by atoms with van der Waals surface area (Å²) in [5.41, 5.74) is 5.55. The average molecular weight is 366 g/mol. The minimum Gasteiger partial charge on any atom is -0.487 e. The van der Waals surface area contributed by atoms with Crippen molar-refractivity contribution < 1.29 is 14.3 Å². The van der Waals surface area contributed by atoms with Gasteiger partial charge in [-0.3, -0.25) is 4.79 Å². The number of benzene rings is 2. The average Bonchev–Trinajstić information content (AvgIpc) is 3.19. The quantitative estimate of drug-likeness (QED) is 0.879. The largest absolute Gasteiger partial charge is 0.487 e. The lowest BCUT2D eigenvalue weighted by atomic mass is 10.0. The molecule has 142 valence electrons. The van der Waals surface area contributed by atoms with Gasteiger partial charge in [-0.25, -0.2) is 0 Å². The Morgan fingerprint density at radius 2 is 2.07 bits per heavy atom. The predicted molar refractivity (Wildman–Crippen MR) is 107 cm³/mol. The van der Waals surface area contributed by atoms with Gasteiger partial charge >= 0.3 is 0 Å². The van der Waals surface area contributed by atoms with Crippen LogP contribution in [0, 0.1) is 0 Å². The predicted octanol–water partition coefficient (Wildman–Crippen LogP) is 3.55. The Balaban J connectivity index is 1.53. The number of anilines is 2. The lowest BCUT2D eigenvalue weighted by Crippen LogP contribution is -2.31. The number of carbonyl (C=O) groups is 1. The SMILES string of the molecule is COCC(=O)N1CCc2c(NCc3cccc4c3OC(C)(C)C4)cccc21. The summed E-state index contributed by atoms with van der Waals surface area (Å²) in [5, 5.41) is 3.56. The van der Waals surface area contributed by atoms with Crippen LogP contribution in [-0.2, 0) is 28.9 Å². The van der Waals surface area contributed by atoms with E-state index in [4.69, 9.17) is 9.47 Å². The maximum Gasteiger partial charge on any atom is 0.252 e. The van der Waals surface area contributed by atoms with Crippen LogP contribution in [0.5, 0.6) is 5.75 Å². The van der Waals surface area contributed by atoms with E-state index in [1.165, 1.54) is 16.7 Å². The number of amides is 1. The molecule has 2 aliphatic rings. The number of methoxy groups -OCH3 is 1. The zero-order valence-corrected chi connectivity index (χ0v) is 16.2. The van der Waals surface area contributed by atoms with E-state index in [1.54, 1.807) is 7.11 Å². The van der Waals surface area contributed by atoms with E-state index in [0.29, 0.717) is 13.1 Å². The van der Waals surface area contributed by atoms with E-state index < -0.39 is 0 Å². The Morgan fingerprint density at radius 3 is 2.89 bits per heavy atom. The summed E-state index contributed by atoms with van der Waals surface area (Å²) in [6.07, 6.45) is 1.79. The fraction of sp³-hybridized carbons (Fsp3) is 0.409. The normalized spacial score (nSPS) is 16.6. The molecule has 0 saturated heterocycles. The molecule has 2 aromatic rings. The first-order chi connectivity index (χ1) is 13.0. The van der Waals surface area contributed by atoms with E-state index in [0.717, 1.165) is 30.0 Å². The van der Waals surface area contributed by atoms with Crippen molar-refractivity contribution in [3.05, 3.63) is 53.1 Å². The maximum atomic E-state index is 12.3. The van der Waals surface area contributed by atoms with Crippen LogP contribution in [0.3, 0.4) is 0 Å². The number of ether oxygens (including phenoxy) is 2. The molecular weight excluding hydrogens is 340 g/mol. The van der Waals surface area contributed by atoms with Gasteiger partial charge in [0.1, 0.15) is 18.0 Å². The number of rotatable bonds is 5. The number of para-hydroxylation sites is 1. The highest BCUT2D eigenvalue weighted by atomic mass is 16.5. The molecule has 1 amide bonds. The van der Waals surface area contributed by atoms with Crippen LogP contribution in [0.4, 0.5) is 11.4 Å². The number of nitrogens with zero attached hydrogens (tertiary/aromatic N) is 1. The molecule has 0 unspecified atom stereocenters. The summed E-state index contributed by atoms with van der Waals surface area (Å²) in [7, 11) is 1.55. The van der Waals surface area contributed by atoms with E-state index in [9.17, 15) is 4.79 Å². The zero-order chi connectivity index (χ0) is 19.0. The molecule has 0 fully saturated rings. The lowest BCUT2D eigenvalue weighted by Gasteiger charge is -2.19. The molecule has 1 N–H and O–H groups in total. The second kappa shape index (κ2) is 6.89. The molecule has 0 spiro atoms. The highest BCUT2D eigenvalue weighted by Gasteiger charge is 2.31. The highest BCUT2D eigenvalue weighted by molar-refractivity contribution is 5.97. The standard InChI is InChI=1S/C22H26N2O3/c1-22(2)12-15-6-4-7-16(21(15)27-22)13-23-18-8-5-9-19-17(18)10-11-24(19)20(25)14-26-3/h4-9,23H,10-14H2,1-3H3.